The van der Waals surface area contributed by atoms with Crippen molar-refractivity contribution in [3.05, 3.63) is 30.1 Å². The fourth-order valence-electron chi connectivity index (χ4n) is 1.82. The van der Waals surface area contributed by atoms with Crippen LogP contribution >= 0.6 is 0 Å². The van der Waals surface area contributed by atoms with E-state index in [0.717, 1.165) is 18.7 Å². The quantitative estimate of drug-likeness (QED) is 0.803. The van der Waals surface area contributed by atoms with Crippen molar-refractivity contribution >= 4 is 5.91 Å². The number of pyridine rings is 1. The topological polar surface area (TPSA) is 63.2 Å². The van der Waals surface area contributed by atoms with Crippen molar-refractivity contribution in [1.82, 2.24) is 15.6 Å². The third kappa shape index (κ3) is 3.27. The van der Waals surface area contributed by atoms with Gasteiger partial charge < -0.3 is 15.4 Å². The number of hydrogen-bond acceptors (Lipinski definition) is 4. The summed E-state index contributed by atoms with van der Waals surface area (Å²) in [6, 6.07) is 3.74. The minimum atomic E-state index is -0.186. The van der Waals surface area contributed by atoms with Crippen LogP contribution in [0.2, 0.25) is 0 Å². The normalized spacial score (nSPS) is 18.8. The molecule has 1 aromatic rings. The highest BCUT2D eigenvalue weighted by Gasteiger charge is 2.33. The van der Waals surface area contributed by atoms with Crippen LogP contribution in [0.5, 0.6) is 0 Å². The summed E-state index contributed by atoms with van der Waals surface area (Å²) in [6.45, 7) is 5.64. The number of aromatic nitrogens is 1. The van der Waals surface area contributed by atoms with E-state index in [1.54, 1.807) is 12.4 Å². The Hall–Kier alpha value is -1.46. The summed E-state index contributed by atoms with van der Waals surface area (Å²) >= 11 is 0. The zero-order valence-corrected chi connectivity index (χ0v) is 10.8. The molecular formula is C13H19N3O2. The molecule has 0 saturated carbocycles. The smallest absolute Gasteiger partial charge is 0.246 e. The number of carbonyl (C=O) groups excluding carboxylic acids is 1. The van der Waals surface area contributed by atoms with Crippen molar-refractivity contribution in [2.45, 2.75) is 25.5 Å². The highest BCUT2D eigenvalue weighted by atomic mass is 16.5. The fraction of sp³-hybridized carbons (Fsp3) is 0.538. The second-order valence-electron chi connectivity index (χ2n) is 4.92. The maximum absolute atomic E-state index is 11.7. The predicted molar refractivity (Wildman–Crippen MR) is 68.0 cm³/mol. The summed E-state index contributed by atoms with van der Waals surface area (Å²) in [5, 5.41) is 6.02. The molecule has 1 amide bonds. The van der Waals surface area contributed by atoms with E-state index < -0.39 is 0 Å². The maximum Gasteiger partial charge on any atom is 0.246 e. The molecule has 98 valence electrons. The van der Waals surface area contributed by atoms with E-state index >= 15 is 0 Å². The lowest BCUT2D eigenvalue weighted by Crippen LogP contribution is -2.59. The van der Waals surface area contributed by atoms with Crippen LogP contribution in [0.15, 0.2) is 24.5 Å². The van der Waals surface area contributed by atoms with Gasteiger partial charge in [0.2, 0.25) is 5.91 Å². The number of hydrogen-bond donors (Lipinski definition) is 2. The number of rotatable bonds is 5. The first-order chi connectivity index (χ1) is 8.59. The van der Waals surface area contributed by atoms with Crippen LogP contribution < -0.4 is 10.6 Å². The second kappa shape index (κ2) is 5.46. The van der Waals surface area contributed by atoms with E-state index in [1.807, 2.05) is 26.0 Å². The number of carbonyl (C=O) groups is 1. The zero-order chi connectivity index (χ0) is 13.0. The zero-order valence-electron chi connectivity index (χ0n) is 10.8. The Morgan fingerprint density at radius 2 is 2.44 bits per heavy atom. The van der Waals surface area contributed by atoms with Gasteiger partial charge in [0.15, 0.2) is 0 Å². The highest BCUT2D eigenvalue weighted by Crippen LogP contribution is 2.15. The molecule has 1 fully saturated rings. The first kappa shape index (κ1) is 13.0. The molecular weight excluding hydrogens is 230 g/mol. The number of ether oxygens (including phenoxy) is 1. The van der Waals surface area contributed by atoms with Crippen LogP contribution in [-0.2, 0) is 9.53 Å². The third-order valence-corrected chi connectivity index (χ3v) is 3.11. The highest BCUT2D eigenvalue weighted by molar-refractivity contribution is 5.77. The largest absolute Gasteiger partial charge is 0.363 e. The average Bonchev–Trinajstić information content (AvgIpc) is 2.35. The van der Waals surface area contributed by atoms with Gasteiger partial charge in [-0.15, -0.1) is 0 Å². The Labute approximate surface area is 107 Å². The molecule has 2 heterocycles. The van der Waals surface area contributed by atoms with Gasteiger partial charge in [-0.05, 0) is 25.5 Å². The van der Waals surface area contributed by atoms with Crippen molar-refractivity contribution in [3.8, 4) is 0 Å². The van der Waals surface area contributed by atoms with Gasteiger partial charge in [0.1, 0.15) is 6.61 Å². The van der Waals surface area contributed by atoms with Gasteiger partial charge in [0.25, 0.3) is 0 Å². The molecule has 2 N–H and O–H groups in total. The van der Waals surface area contributed by atoms with Crippen LogP contribution in [0.3, 0.4) is 0 Å². The second-order valence-corrected chi connectivity index (χ2v) is 4.92. The van der Waals surface area contributed by atoms with Crippen molar-refractivity contribution in [2.24, 2.45) is 0 Å². The van der Waals surface area contributed by atoms with E-state index in [1.165, 1.54) is 0 Å². The predicted octanol–water partition coefficient (Wildman–Crippen LogP) is 0.637. The van der Waals surface area contributed by atoms with Gasteiger partial charge in [-0.1, -0.05) is 6.07 Å². The fourth-order valence-corrected chi connectivity index (χ4v) is 1.82. The van der Waals surface area contributed by atoms with E-state index in [0.29, 0.717) is 0 Å². The lowest BCUT2D eigenvalue weighted by molar-refractivity contribution is -0.136. The number of nitrogens with zero attached hydrogens (tertiary/aromatic N) is 1. The molecule has 1 aromatic heterocycles. The van der Waals surface area contributed by atoms with E-state index in [-0.39, 0.29) is 24.2 Å². The molecule has 0 aromatic carbocycles. The number of nitrogens with one attached hydrogen (secondary N) is 2. The van der Waals surface area contributed by atoms with Crippen LogP contribution in [-0.4, -0.2) is 36.2 Å². The van der Waals surface area contributed by atoms with Gasteiger partial charge in [-0.2, -0.15) is 0 Å². The van der Waals surface area contributed by atoms with E-state index in [2.05, 4.69) is 15.6 Å². The Balaban J connectivity index is 1.77. The third-order valence-electron chi connectivity index (χ3n) is 3.11. The number of amides is 1. The molecule has 5 heteroatoms. The summed E-state index contributed by atoms with van der Waals surface area (Å²) in [5.74, 6) is -0.0977. The summed E-state index contributed by atoms with van der Waals surface area (Å²) < 4.78 is 5.57. The molecule has 0 radical (unpaired) electrons. The summed E-state index contributed by atoms with van der Waals surface area (Å²) in [5.41, 5.74) is 0.803. The Morgan fingerprint density at radius 1 is 1.67 bits per heavy atom. The van der Waals surface area contributed by atoms with Gasteiger partial charge in [0.05, 0.1) is 11.6 Å². The molecule has 2 rings (SSSR count). The molecule has 0 aliphatic carbocycles. The molecule has 1 saturated heterocycles. The lowest BCUT2D eigenvalue weighted by Gasteiger charge is -2.38. The van der Waals surface area contributed by atoms with Crippen LogP contribution in [0.25, 0.3) is 0 Å². The first-order valence-corrected chi connectivity index (χ1v) is 6.13. The van der Waals surface area contributed by atoms with Gasteiger partial charge in [-0.3, -0.25) is 9.78 Å². The molecule has 0 spiro atoms. The van der Waals surface area contributed by atoms with Crippen LogP contribution in [0, 0.1) is 0 Å². The van der Waals surface area contributed by atoms with Gasteiger partial charge in [0, 0.05) is 25.5 Å². The van der Waals surface area contributed by atoms with Gasteiger partial charge >= 0.3 is 0 Å². The average molecular weight is 249 g/mol. The summed E-state index contributed by atoms with van der Waals surface area (Å²) in [6.07, 6.45) is 3.47. The van der Waals surface area contributed by atoms with Crippen LogP contribution in [0.4, 0.5) is 0 Å². The summed E-state index contributed by atoms with van der Waals surface area (Å²) in [4.78, 5) is 15.8. The van der Waals surface area contributed by atoms with Crippen molar-refractivity contribution < 1.29 is 9.53 Å². The molecule has 1 atom stereocenters. The standard InChI is InChI=1S/C13H19N3O2/c1-10(11-4-3-5-14-6-11)16-12(17)7-18-13(2)8-15-9-13/h3-6,10,15H,7-9H2,1-2H3,(H,16,17)/t10-/m1/s1. The molecule has 0 unspecified atom stereocenters. The maximum atomic E-state index is 11.7. The Morgan fingerprint density at radius 3 is 3.00 bits per heavy atom. The minimum Gasteiger partial charge on any atom is -0.363 e. The van der Waals surface area contributed by atoms with Crippen molar-refractivity contribution in [3.63, 3.8) is 0 Å². The first-order valence-electron chi connectivity index (χ1n) is 6.13. The Bertz CT molecular complexity index is 404. The SMILES string of the molecule is C[C@@H](NC(=O)COC1(C)CNC1)c1cccnc1. The van der Waals surface area contributed by atoms with Gasteiger partial charge in [-0.25, -0.2) is 0 Å². The Kier molecular flexibility index (Phi) is 3.93. The van der Waals surface area contributed by atoms with E-state index in [9.17, 15) is 4.79 Å². The van der Waals surface area contributed by atoms with Crippen molar-refractivity contribution in [1.29, 1.82) is 0 Å². The molecule has 0 bridgehead atoms. The molecule has 18 heavy (non-hydrogen) atoms. The molecule has 1 aliphatic rings. The monoisotopic (exact) mass is 249 g/mol. The molecule has 5 nitrogen and oxygen atoms in total. The minimum absolute atomic E-state index is 0.0536. The molecule has 1 aliphatic heterocycles. The van der Waals surface area contributed by atoms with E-state index in [4.69, 9.17) is 4.74 Å². The summed E-state index contributed by atoms with van der Waals surface area (Å²) in [7, 11) is 0. The van der Waals surface area contributed by atoms with Crippen molar-refractivity contribution in [2.75, 3.05) is 19.7 Å². The van der Waals surface area contributed by atoms with Crippen LogP contribution in [0.1, 0.15) is 25.5 Å². The lowest BCUT2D eigenvalue weighted by atomic mass is 10.0.